The van der Waals surface area contributed by atoms with Gasteiger partial charge >= 0.3 is 6.09 Å². The maximum Gasteiger partial charge on any atom is 0.411 e. The monoisotopic (exact) mass is 669 g/mol. The van der Waals surface area contributed by atoms with E-state index < -0.39 is 43.2 Å². The summed E-state index contributed by atoms with van der Waals surface area (Å²) < 4.78 is 63.4. The van der Waals surface area contributed by atoms with E-state index >= 15 is 0 Å². The van der Waals surface area contributed by atoms with Crippen molar-refractivity contribution < 1.29 is 35.3 Å². The Morgan fingerprint density at radius 2 is 1.11 bits per heavy atom. The molecule has 0 aliphatic carbocycles. The molecule has 0 saturated heterocycles. The summed E-state index contributed by atoms with van der Waals surface area (Å²) in [6, 6.07) is 0. The number of hydrogen-bond donors (Lipinski definition) is 0. The van der Waals surface area contributed by atoms with E-state index in [1.54, 1.807) is 7.05 Å². The number of unbranched alkanes of at least 4 members (excludes halogenated alkanes) is 16. The smallest absolute Gasteiger partial charge is 0.411 e. The maximum absolute atomic E-state index is 12.9. The van der Waals surface area contributed by atoms with Crippen molar-refractivity contribution in [3.05, 3.63) is 0 Å². The Morgan fingerprint density at radius 3 is 1.52 bits per heavy atom. The van der Waals surface area contributed by atoms with Crippen LogP contribution in [0.4, 0.5) is 4.79 Å². The molecule has 0 aliphatic rings. The third kappa shape index (κ3) is 21.8. The lowest BCUT2D eigenvalue weighted by Gasteiger charge is -2.33. The lowest BCUT2D eigenvalue weighted by atomic mass is 10.0. The molecular formula is C33H67NO8S2. The number of amides is 1. The van der Waals surface area contributed by atoms with Gasteiger partial charge in [0.2, 0.25) is 6.29 Å². The van der Waals surface area contributed by atoms with Gasteiger partial charge in [0.1, 0.15) is 4.75 Å². The van der Waals surface area contributed by atoms with Crippen molar-refractivity contribution in [2.24, 2.45) is 0 Å². The SMILES string of the molecule is CCCCCCCCCCCCCCCCCCN(C)C(=O)OC(OCCC(CCCC)OS(C)(=O)=O)C(C)(C)S(C)(=O)=O. The Balaban J connectivity index is 4.45. The molecule has 0 aromatic rings. The zero-order chi connectivity index (χ0) is 33.5. The highest BCUT2D eigenvalue weighted by molar-refractivity contribution is 7.92. The van der Waals surface area contributed by atoms with Crippen LogP contribution in [0, 0.1) is 0 Å². The van der Waals surface area contributed by atoms with E-state index in [1.807, 2.05) is 6.92 Å². The van der Waals surface area contributed by atoms with Crippen LogP contribution in [-0.2, 0) is 33.6 Å². The predicted molar refractivity (Wildman–Crippen MR) is 181 cm³/mol. The molecule has 0 bridgehead atoms. The Bertz CT molecular complexity index is 937. The van der Waals surface area contributed by atoms with Crippen LogP contribution in [-0.4, -0.2) is 77.7 Å². The summed E-state index contributed by atoms with van der Waals surface area (Å²) in [5.41, 5.74) is 0. The molecule has 0 aliphatic heterocycles. The molecule has 44 heavy (non-hydrogen) atoms. The molecule has 264 valence electrons. The summed E-state index contributed by atoms with van der Waals surface area (Å²) in [5, 5.41) is 0. The Labute approximate surface area is 271 Å². The molecular weight excluding hydrogens is 602 g/mol. The molecule has 2 unspecified atom stereocenters. The zero-order valence-electron chi connectivity index (χ0n) is 29.2. The second-order valence-electron chi connectivity index (χ2n) is 13.0. The summed E-state index contributed by atoms with van der Waals surface area (Å²) in [6.45, 7) is 7.65. The van der Waals surface area contributed by atoms with Crippen LogP contribution in [0.1, 0.15) is 156 Å². The van der Waals surface area contributed by atoms with Gasteiger partial charge in [-0.1, -0.05) is 123 Å². The van der Waals surface area contributed by atoms with E-state index in [-0.39, 0.29) is 13.0 Å². The minimum Gasteiger partial charge on any atom is -0.418 e. The fourth-order valence-corrected chi connectivity index (χ4v) is 6.10. The molecule has 2 atom stereocenters. The third-order valence-corrected chi connectivity index (χ3v) is 11.0. The largest absolute Gasteiger partial charge is 0.418 e. The minimum absolute atomic E-state index is 0.0242. The van der Waals surface area contributed by atoms with Crippen LogP contribution in [0.2, 0.25) is 0 Å². The summed E-state index contributed by atoms with van der Waals surface area (Å²) in [7, 11) is -5.68. The molecule has 0 spiro atoms. The maximum atomic E-state index is 12.9. The number of carbonyl (C=O) groups excluding carboxylic acids is 1. The van der Waals surface area contributed by atoms with Crippen molar-refractivity contribution in [1.82, 2.24) is 4.90 Å². The standard InChI is InChI=1S/C33H67NO8S2/c1-8-10-12-13-14-15-16-17-18-19-20-21-22-23-24-25-28-34(5)32(35)41-31(33(3,4)43(6,36)37)40-29-27-30(26-11-9-2)42-44(7,38)39/h30-31H,8-29H2,1-7H3. The lowest BCUT2D eigenvalue weighted by Crippen LogP contribution is -2.49. The normalized spacial score (nSPS) is 14.0. The topological polar surface area (TPSA) is 116 Å². The average Bonchev–Trinajstić information content (AvgIpc) is 2.93. The lowest BCUT2D eigenvalue weighted by molar-refractivity contribution is -0.130. The summed E-state index contributed by atoms with van der Waals surface area (Å²) >= 11 is 0. The summed E-state index contributed by atoms with van der Waals surface area (Å²) in [5.74, 6) is 0. The zero-order valence-corrected chi connectivity index (χ0v) is 30.9. The molecule has 1 amide bonds. The van der Waals surface area contributed by atoms with Crippen molar-refractivity contribution in [2.75, 3.05) is 32.7 Å². The van der Waals surface area contributed by atoms with Gasteiger partial charge in [-0.25, -0.2) is 13.2 Å². The molecule has 0 saturated carbocycles. The Morgan fingerprint density at radius 1 is 0.682 bits per heavy atom. The number of sulfone groups is 1. The predicted octanol–water partition coefficient (Wildman–Crippen LogP) is 8.41. The van der Waals surface area contributed by atoms with Crippen LogP contribution in [0.15, 0.2) is 0 Å². The first-order valence-corrected chi connectivity index (χ1v) is 21.0. The minimum atomic E-state index is -3.66. The van der Waals surface area contributed by atoms with Gasteiger partial charge in [-0.2, -0.15) is 8.42 Å². The highest BCUT2D eigenvalue weighted by Crippen LogP contribution is 2.25. The summed E-state index contributed by atoms with van der Waals surface area (Å²) in [6.07, 6.45) is 22.2. The number of carbonyl (C=O) groups is 1. The number of nitrogens with zero attached hydrogens (tertiary/aromatic N) is 1. The first-order chi connectivity index (χ1) is 20.7. The van der Waals surface area contributed by atoms with Gasteiger partial charge in [-0.05, 0) is 33.1 Å². The van der Waals surface area contributed by atoms with E-state index in [9.17, 15) is 21.6 Å². The van der Waals surface area contributed by atoms with Crippen molar-refractivity contribution in [3.63, 3.8) is 0 Å². The molecule has 0 heterocycles. The first kappa shape index (κ1) is 43.1. The van der Waals surface area contributed by atoms with Gasteiger partial charge in [0, 0.05) is 19.8 Å². The van der Waals surface area contributed by atoms with Crippen molar-refractivity contribution in [3.8, 4) is 0 Å². The van der Waals surface area contributed by atoms with Gasteiger partial charge in [0.05, 0.1) is 19.0 Å². The quantitative estimate of drug-likeness (QED) is 0.0443. The van der Waals surface area contributed by atoms with Crippen LogP contribution < -0.4 is 0 Å². The van der Waals surface area contributed by atoms with Gasteiger partial charge in [-0.3, -0.25) is 4.18 Å². The first-order valence-electron chi connectivity index (χ1n) is 17.3. The second kappa shape index (κ2) is 24.3. The van der Waals surface area contributed by atoms with Gasteiger partial charge in [0.25, 0.3) is 10.1 Å². The van der Waals surface area contributed by atoms with Crippen molar-refractivity contribution in [1.29, 1.82) is 0 Å². The van der Waals surface area contributed by atoms with Crippen molar-refractivity contribution in [2.45, 2.75) is 173 Å². The molecule has 11 heteroatoms. The van der Waals surface area contributed by atoms with E-state index in [4.69, 9.17) is 13.7 Å². The van der Waals surface area contributed by atoms with Gasteiger partial charge in [-0.15, -0.1) is 0 Å². The molecule has 9 nitrogen and oxygen atoms in total. The fourth-order valence-electron chi connectivity index (χ4n) is 4.95. The van der Waals surface area contributed by atoms with Gasteiger partial charge < -0.3 is 14.4 Å². The highest BCUT2D eigenvalue weighted by Gasteiger charge is 2.43. The molecule has 0 N–H and O–H groups in total. The Kier molecular flexibility index (Phi) is 23.8. The van der Waals surface area contributed by atoms with Crippen LogP contribution >= 0.6 is 0 Å². The second-order valence-corrected chi connectivity index (χ2v) is 17.2. The molecule has 0 radical (unpaired) electrons. The molecule has 0 rings (SSSR count). The Hall–Kier alpha value is -0.910. The van der Waals surface area contributed by atoms with Crippen LogP contribution in [0.25, 0.3) is 0 Å². The summed E-state index contributed by atoms with van der Waals surface area (Å²) in [4.78, 5) is 14.3. The third-order valence-electron chi connectivity index (χ3n) is 8.29. The van der Waals surface area contributed by atoms with Crippen LogP contribution in [0.3, 0.4) is 0 Å². The van der Waals surface area contributed by atoms with E-state index in [0.29, 0.717) is 13.0 Å². The highest BCUT2D eigenvalue weighted by atomic mass is 32.2. The molecule has 0 fully saturated rings. The molecule has 0 aromatic heterocycles. The number of ether oxygens (including phenoxy) is 2. The number of rotatable bonds is 29. The molecule has 0 aromatic carbocycles. The van der Waals surface area contributed by atoms with E-state index in [0.717, 1.165) is 44.6 Å². The van der Waals surface area contributed by atoms with Crippen LogP contribution in [0.5, 0.6) is 0 Å². The fraction of sp³-hybridized carbons (Fsp3) is 0.970. The van der Waals surface area contributed by atoms with E-state index in [2.05, 4.69) is 6.92 Å². The average molecular weight is 670 g/mol. The number of hydrogen-bond acceptors (Lipinski definition) is 8. The van der Waals surface area contributed by atoms with Crippen molar-refractivity contribution >= 4 is 26.0 Å². The van der Waals surface area contributed by atoms with E-state index in [1.165, 1.54) is 102 Å². The van der Waals surface area contributed by atoms with Gasteiger partial charge in [0.15, 0.2) is 9.84 Å².